The molecule has 0 saturated heterocycles. The first kappa shape index (κ1) is 6.71. The highest BCUT2D eigenvalue weighted by molar-refractivity contribution is 5.74. The second kappa shape index (κ2) is 2.00. The van der Waals surface area contributed by atoms with E-state index in [1.54, 1.807) is 6.07 Å². The summed E-state index contributed by atoms with van der Waals surface area (Å²) >= 11 is 0. The summed E-state index contributed by atoms with van der Waals surface area (Å²) in [6.45, 7) is 0. The lowest BCUT2D eigenvalue weighted by Crippen LogP contribution is -2.24. The topological polar surface area (TPSA) is 96.7 Å². The van der Waals surface area contributed by atoms with Gasteiger partial charge in [-0.15, -0.1) is 0 Å². The van der Waals surface area contributed by atoms with Gasteiger partial charge < -0.3 is 10.8 Å². The number of hydrogen-bond donors (Lipinski definition) is 3. The molecule has 6 nitrogen and oxygen atoms in total. The highest BCUT2D eigenvalue weighted by Gasteiger charge is 2.03. The molecule has 0 bridgehead atoms. The number of nitrogens with zero attached hydrogens (tertiary/aromatic N) is 1. The van der Waals surface area contributed by atoms with Crippen molar-refractivity contribution in [1.29, 1.82) is 0 Å². The van der Waals surface area contributed by atoms with Crippen molar-refractivity contribution < 1.29 is 0 Å². The van der Waals surface area contributed by atoms with E-state index in [2.05, 4.69) is 9.97 Å². The van der Waals surface area contributed by atoms with Crippen LogP contribution in [0, 0.1) is 0 Å². The fourth-order valence-corrected chi connectivity index (χ4v) is 1.10. The molecule has 2 aromatic rings. The third-order valence-electron chi connectivity index (χ3n) is 1.61. The molecule has 0 atom stereocenters. The first-order chi connectivity index (χ1) is 5.68. The Morgan fingerprint density at radius 1 is 1.33 bits per heavy atom. The molecule has 0 unspecified atom stereocenters. The Morgan fingerprint density at radius 3 is 2.83 bits per heavy atom. The standard InChI is InChI=1S/C6H6N4O2/c7-10-2-1-3-4(10)5(11)9-6(12)8-3/h1-2H,7H2,(H2,8,9,11,12). The average molecular weight is 166 g/mol. The van der Waals surface area contributed by atoms with Crippen molar-refractivity contribution in [3.8, 4) is 0 Å². The molecule has 0 saturated carbocycles. The van der Waals surface area contributed by atoms with E-state index in [-0.39, 0.29) is 5.52 Å². The summed E-state index contributed by atoms with van der Waals surface area (Å²) in [7, 11) is 0. The van der Waals surface area contributed by atoms with Gasteiger partial charge in [0.05, 0.1) is 5.52 Å². The minimum atomic E-state index is -0.529. The van der Waals surface area contributed by atoms with Crippen molar-refractivity contribution in [2.75, 3.05) is 5.84 Å². The molecule has 12 heavy (non-hydrogen) atoms. The molecule has 0 aromatic carbocycles. The zero-order valence-corrected chi connectivity index (χ0v) is 6.00. The van der Waals surface area contributed by atoms with Crippen LogP contribution in [-0.4, -0.2) is 14.6 Å². The van der Waals surface area contributed by atoms with Crippen LogP contribution in [0.2, 0.25) is 0 Å². The molecule has 0 aliphatic carbocycles. The second-order valence-electron chi connectivity index (χ2n) is 2.39. The summed E-state index contributed by atoms with van der Waals surface area (Å²) in [5, 5.41) is 0. The molecule has 0 radical (unpaired) electrons. The molecule has 0 aliphatic rings. The van der Waals surface area contributed by atoms with Gasteiger partial charge >= 0.3 is 5.69 Å². The Hall–Kier alpha value is -1.98. The molecule has 2 aromatic heterocycles. The van der Waals surface area contributed by atoms with Gasteiger partial charge in [-0.25, -0.2) is 4.79 Å². The number of nitrogen functional groups attached to an aromatic ring is 1. The molecule has 6 heteroatoms. The van der Waals surface area contributed by atoms with Crippen molar-refractivity contribution >= 4 is 11.0 Å². The summed E-state index contributed by atoms with van der Waals surface area (Å²) < 4.78 is 1.16. The van der Waals surface area contributed by atoms with E-state index in [1.165, 1.54) is 6.20 Å². The number of aromatic nitrogens is 3. The molecule has 0 fully saturated rings. The van der Waals surface area contributed by atoms with Crippen LogP contribution in [0.25, 0.3) is 11.0 Å². The first-order valence-corrected chi connectivity index (χ1v) is 3.27. The maximum absolute atomic E-state index is 11.1. The lowest BCUT2D eigenvalue weighted by molar-refractivity contribution is 1.02. The largest absolute Gasteiger partial charge is 0.339 e. The highest BCUT2D eigenvalue weighted by atomic mass is 16.2. The molecular formula is C6H6N4O2. The number of H-pyrrole nitrogens is 2. The van der Waals surface area contributed by atoms with Crippen LogP contribution in [-0.2, 0) is 0 Å². The molecule has 4 N–H and O–H groups in total. The normalized spacial score (nSPS) is 10.7. The Bertz CT molecular complexity index is 532. The highest BCUT2D eigenvalue weighted by Crippen LogP contribution is 2.01. The van der Waals surface area contributed by atoms with Gasteiger partial charge in [-0.3, -0.25) is 14.5 Å². The van der Waals surface area contributed by atoms with Gasteiger partial charge in [0.1, 0.15) is 0 Å². The van der Waals surface area contributed by atoms with Crippen LogP contribution in [0.5, 0.6) is 0 Å². The van der Waals surface area contributed by atoms with Crippen LogP contribution >= 0.6 is 0 Å². The summed E-state index contributed by atoms with van der Waals surface area (Å²) in [5.41, 5.74) is -0.319. The quantitative estimate of drug-likeness (QED) is 0.426. The third-order valence-corrected chi connectivity index (χ3v) is 1.61. The first-order valence-electron chi connectivity index (χ1n) is 3.27. The van der Waals surface area contributed by atoms with Crippen LogP contribution in [0.4, 0.5) is 0 Å². The van der Waals surface area contributed by atoms with Crippen molar-refractivity contribution in [3.05, 3.63) is 33.1 Å². The number of hydrogen-bond acceptors (Lipinski definition) is 3. The maximum atomic E-state index is 11.1. The van der Waals surface area contributed by atoms with Gasteiger partial charge in [-0.2, -0.15) is 0 Å². The smallest absolute Gasteiger partial charge is 0.326 e. The van der Waals surface area contributed by atoms with E-state index < -0.39 is 11.2 Å². The van der Waals surface area contributed by atoms with E-state index in [9.17, 15) is 9.59 Å². The summed E-state index contributed by atoms with van der Waals surface area (Å²) in [6, 6.07) is 1.56. The van der Waals surface area contributed by atoms with Crippen LogP contribution in [0.3, 0.4) is 0 Å². The summed E-state index contributed by atoms with van der Waals surface area (Å²) in [5.74, 6) is 5.40. The lowest BCUT2D eigenvalue weighted by atomic mass is 10.5. The predicted octanol–water partition coefficient (Wildman–Crippen LogP) is -1.27. The van der Waals surface area contributed by atoms with Crippen molar-refractivity contribution in [3.63, 3.8) is 0 Å². The van der Waals surface area contributed by atoms with E-state index in [0.29, 0.717) is 5.52 Å². The molecule has 2 rings (SSSR count). The van der Waals surface area contributed by atoms with Gasteiger partial charge in [0.15, 0.2) is 5.52 Å². The zero-order valence-electron chi connectivity index (χ0n) is 6.00. The number of nitrogens with one attached hydrogen (secondary N) is 2. The Morgan fingerprint density at radius 2 is 2.08 bits per heavy atom. The van der Waals surface area contributed by atoms with Gasteiger partial charge in [0.2, 0.25) is 0 Å². The van der Waals surface area contributed by atoms with Gasteiger partial charge in [0.25, 0.3) is 5.56 Å². The minimum absolute atomic E-state index is 0.259. The van der Waals surface area contributed by atoms with E-state index >= 15 is 0 Å². The minimum Gasteiger partial charge on any atom is -0.339 e. The van der Waals surface area contributed by atoms with Gasteiger partial charge in [-0.1, -0.05) is 0 Å². The molecule has 0 spiro atoms. The van der Waals surface area contributed by atoms with Crippen molar-refractivity contribution in [1.82, 2.24) is 14.6 Å². The number of rotatable bonds is 0. The van der Waals surface area contributed by atoms with E-state index in [4.69, 9.17) is 5.84 Å². The van der Waals surface area contributed by atoms with E-state index in [0.717, 1.165) is 4.68 Å². The SMILES string of the molecule is Nn1ccc2[nH]c(=O)[nH]c(=O)c21. The second-order valence-corrected chi connectivity index (χ2v) is 2.39. The monoisotopic (exact) mass is 166 g/mol. The lowest BCUT2D eigenvalue weighted by Gasteiger charge is -1.92. The zero-order chi connectivity index (χ0) is 8.72. The average Bonchev–Trinajstić information content (AvgIpc) is 2.31. The van der Waals surface area contributed by atoms with Gasteiger partial charge in [-0.05, 0) is 6.07 Å². The maximum Gasteiger partial charge on any atom is 0.326 e. The number of aromatic amines is 2. The van der Waals surface area contributed by atoms with Crippen LogP contribution in [0.1, 0.15) is 0 Å². The molecule has 0 aliphatic heterocycles. The summed E-state index contributed by atoms with van der Waals surface area (Å²) in [4.78, 5) is 26.4. The Balaban J connectivity index is 3.13. The third kappa shape index (κ3) is 0.746. The summed E-state index contributed by atoms with van der Waals surface area (Å²) in [6.07, 6.45) is 1.50. The van der Waals surface area contributed by atoms with Crippen LogP contribution < -0.4 is 17.1 Å². The molecule has 0 amide bonds. The van der Waals surface area contributed by atoms with Crippen molar-refractivity contribution in [2.24, 2.45) is 0 Å². The van der Waals surface area contributed by atoms with E-state index in [1.807, 2.05) is 0 Å². The fraction of sp³-hybridized carbons (Fsp3) is 0. The fourth-order valence-electron chi connectivity index (χ4n) is 1.10. The number of fused-ring (bicyclic) bond motifs is 1. The Kier molecular flexibility index (Phi) is 1.12. The molecule has 62 valence electrons. The van der Waals surface area contributed by atoms with Crippen LogP contribution in [0.15, 0.2) is 21.9 Å². The predicted molar refractivity (Wildman–Crippen MR) is 43.3 cm³/mol. The Labute approximate surface area is 65.6 Å². The molecular weight excluding hydrogens is 160 g/mol. The van der Waals surface area contributed by atoms with Gasteiger partial charge in [0, 0.05) is 6.20 Å². The number of nitrogens with two attached hydrogens (primary N) is 1. The van der Waals surface area contributed by atoms with Crippen molar-refractivity contribution in [2.45, 2.75) is 0 Å². The molecule has 2 heterocycles.